The van der Waals surface area contributed by atoms with Gasteiger partial charge in [0.1, 0.15) is 6.29 Å². The van der Waals surface area contributed by atoms with Crippen molar-refractivity contribution in [3.05, 3.63) is 0 Å². The zero-order valence-electron chi connectivity index (χ0n) is 15.2. The second kappa shape index (κ2) is 23.8. The Morgan fingerprint density at radius 1 is 0.826 bits per heavy atom. The van der Waals surface area contributed by atoms with Crippen LogP contribution in [0.5, 0.6) is 0 Å². The van der Waals surface area contributed by atoms with Gasteiger partial charge >= 0.3 is 0 Å². The lowest BCUT2D eigenvalue weighted by Crippen LogP contribution is -2.09. The van der Waals surface area contributed by atoms with E-state index in [1.807, 2.05) is 6.92 Å². The van der Waals surface area contributed by atoms with Crippen molar-refractivity contribution in [3.8, 4) is 0 Å². The molecule has 0 bridgehead atoms. The fourth-order valence-corrected chi connectivity index (χ4v) is 1.94. The molecule has 0 fully saturated rings. The highest BCUT2D eigenvalue weighted by Gasteiger charge is 1.98. The van der Waals surface area contributed by atoms with Crippen LogP contribution in [0.1, 0.15) is 65.2 Å². The Bertz CT molecular complexity index is 204. The summed E-state index contributed by atoms with van der Waals surface area (Å²) in [4.78, 5) is 10.3. The minimum absolute atomic E-state index is 0.0417. The molecule has 0 radical (unpaired) electrons. The molecule has 0 saturated carbocycles. The Hall–Kier alpha value is -0.490. The van der Waals surface area contributed by atoms with Crippen LogP contribution in [-0.2, 0) is 14.3 Å². The second-order valence-corrected chi connectivity index (χ2v) is 5.70. The van der Waals surface area contributed by atoms with E-state index in [0.717, 1.165) is 12.7 Å². The van der Waals surface area contributed by atoms with E-state index < -0.39 is 0 Å². The third-order valence-electron chi connectivity index (χ3n) is 3.34. The minimum atomic E-state index is 0.0417. The van der Waals surface area contributed by atoms with Gasteiger partial charge in [-0.05, 0) is 6.42 Å². The molecule has 0 saturated heterocycles. The van der Waals surface area contributed by atoms with Gasteiger partial charge in [-0.1, -0.05) is 58.8 Å². The lowest BCUT2D eigenvalue weighted by Gasteiger charge is -2.02. The summed E-state index contributed by atoms with van der Waals surface area (Å²) < 4.78 is 9.75. The highest BCUT2D eigenvalue weighted by atomic mass is 16.5. The summed E-state index contributed by atoms with van der Waals surface area (Å²) in [6, 6.07) is 0. The maximum Gasteiger partial charge on any atom is 0.122 e. The first-order chi connectivity index (χ1) is 11.2. The highest BCUT2D eigenvalue weighted by molar-refractivity contribution is 5.52. The van der Waals surface area contributed by atoms with Crippen molar-refractivity contribution >= 4 is 6.29 Å². The van der Waals surface area contributed by atoms with E-state index in [2.05, 4.69) is 6.92 Å². The Balaban J connectivity index is 0. The normalized spacial score (nSPS) is 11.7. The third kappa shape index (κ3) is 26.7. The van der Waals surface area contributed by atoms with Crippen molar-refractivity contribution < 1.29 is 24.5 Å². The average molecular weight is 334 g/mol. The average Bonchev–Trinajstić information content (AvgIpc) is 2.57. The SMILES string of the molecule is CCCCCCCCCC(C)C=O.OCCOCCOCCO. The number of aldehydes is 1. The summed E-state index contributed by atoms with van der Waals surface area (Å²) in [6.07, 6.45) is 11.5. The predicted octanol–water partition coefficient (Wildman–Crippen LogP) is 2.97. The lowest BCUT2D eigenvalue weighted by atomic mass is 10.0. The van der Waals surface area contributed by atoms with Crippen LogP contribution in [0, 0.1) is 5.92 Å². The van der Waals surface area contributed by atoms with Gasteiger partial charge in [0.05, 0.1) is 39.6 Å². The molecule has 0 heterocycles. The van der Waals surface area contributed by atoms with Gasteiger partial charge in [0.25, 0.3) is 0 Å². The van der Waals surface area contributed by atoms with E-state index in [-0.39, 0.29) is 19.1 Å². The van der Waals surface area contributed by atoms with Gasteiger partial charge in [-0.3, -0.25) is 0 Å². The van der Waals surface area contributed by atoms with Crippen LogP contribution in [0.3, 0.4) is 0 Å². The molecule has 0 aliphatic rings. The van der Waals surface area contributed by atoms with Crippen LogP contribution >= 0.6 is 0 Å². The molecular formula is C18H38O5. The zero-order valence-corrected chi connectivity index (χ0v) is 15.2. The predicted molar refractivity (Wildman–Crippen MR) is 93.6 cm³/mol. The second-order valence-electron chi connectivity index (χ2n) is 5.70. The van der Waals surface area contributed by atoms with Crippen LogP contribution < -0.4 is 0 Å². The minimum Gasteiger partial charge on any atom is -0.394 e. The lowest BCUT2D eigenvalue weighted by molar-refractivity contribution is -0.110. The maximum absolute atomic E-state index is 10.3. The van der Waals surface area contributed by atoms with Gasteiger partial charge in [0.2, 0.25) is 0 Å². The van der Waals surface area contributed by atoms with Gasteiger partial charge in [-0.15, -0.1) is 0 Å². The molecule has 0 aromatic heterocycles. The van der Waals surface area contributed by atoms with Gasteiger partial charge in [0.15, 0.2) is 0 Å². The number of hydrogen-bond acceptors (Lipinski definition) is 5. The number of aliphatic hydroxyl groups excluding tert-OH is 2. The van der Waals surface area contributed by atoms with Gasteiger partial charge in [-0.2, -0.15) is 0 Å². The van der Waals surface area contributed by atoms with Gasteiger partial charge in [0, 0.05) is 5.92 Å². The third-order valence-corrected chi connectivity index (χ3v) is 3.34. The Kier molecular flexibility index (Phi) is 25.6. The summed E-state index contributed by atoms with van der Waals surface area (Å²) in [5.74, 6) is 0.274. The number of ether oxygens (including phenoxy) is 2. The molecule has 0 spiro atoms. The number of aliphatic hydroxyl groups is 2. The molecule has 5 heteroatoms. The molecule has 0 aliphatic carbocycles. The van der Waals surface area contributed by atoms with E-state index in [4.69, 9.17) is 19.7 Å². The van der Waals surface area contributed by atoms with Crippen LogP contribution in [0.15, 0.2) is 0 Å². The number of unbranched alkanes of at least 4 members (excludes halogenated alkanes) is 6. The van der Waals surface area contributed by atoms with Crippen molar-refractivity contribution in [3.63, 3.8) is 0 Å². The van der Waals surface area contributed by atoms with Crippen molar-refractivity contribution in [2.45, 2.75) is 65.2 Å². The van der Waals surface area contributed by atoms with Gasteiger partial charge < -0.3 is 24.5 Å². The van der Waals surface area contributed by atoms with E-state index in [1.54, 1.807) is 0 Å². The van der Waals surface area contributed by atoms with Crippen molar-refractivity contribution in [2.75, 3.05) is 39.6 Å². The molecule has 0 rings (SSSR count). The Morgan fingerprint density at radius 2 is 1.30 bits per heavy atom. The fourth-order valence-electron chi connectivity index (χ4n) is 1.94. The summed E-state index contributed by atoms with van der Waals surface area (Å²) in [6.45, 7) is 5.97. The first-order valence-electron chi connectivity index (χ1n) is 9.05. The number of carbonyl (C=O) groups excluding carboxylic acids is 1. The highest BCUT2D eigenvalue weighted by Crippen LogP contribution is 2.11. The maximum atomic E-state index is 10.3. The van der Waals surface area contributed by atoms with E-state index in [9.17, 15) is 4.79 Å². The zero-order chi connectivity index (χ0) is 17.6. The summed E-state index contributed by atoms with van der Waals surface area (Å²) in [5.41, 5.74) is 0. The van der Waals surface area contributed by atoms with Crippen LogP contribution in [-0.4, -0.2) is 56.1 Å². The largest absolute Gasteiger partial charge is 0.394 e. The molecule has 140 valence electrons. The number of carbonyl (C=O) groups is 1. The molecule has 0 aliphatic heterocycles. The quantitative estimate of drug-likeness (QED) is 0.335. The monoisotopic (exact) mass is 334 g/mol. The number of hydrogen-bond donors (Lipinski definition) is 2. The standard InChI is InChI=1S/C12H24O.C6H14O4/c1-3-4-5-6-7-8-9-10-12(2)11-13;7-1-3-9-5-6-10-4-2-8/h11-12H,3-10H2,1-2H3;7-8H,1-6H2. The van der Waals surface area contributed by atoms with E-state index in [0.29, 0.717) is 26.4 Å². The van der Waals surface area contributed by atoms with Crippen molar-refractivity contribution in [1.29, 1.82) is 0 Å². The molecule has 1 atom stereocenters. The molecule has 0 aromatic rings. The molecule has 2 N–H and O–H groups in total. The molecule has 0 aromatic carbocycles. The molecule has 5 nitrogen and oxygen atoms in total. The molecule has 0 amide bonds. The van der Waals surface area contributed by atoms with Crippen LogP contribution in [0.2, 0.25) is 0 Å². The summed E-state index contributed by atoms with van der Waals surface area (Å²) in [7, 11) is 0. The van der Waals surface area contributed by atoms with Crippen molar-refractivity contribution in [2.24, 2.45) is 5.92 Å². The fraction of sp³-hybridized carbons (Fsp3) is 0.944. The van der Waals surface area contributed by atoms with E-state index >= 15 is 0 Å². The Morgan fingerprint density at radius 3 is 1.74 bits per heavy atom. The first kappa shape index (κ1) is 24.8. The van der Waals surface area contributed by atoms with Crippen molar-refractivity contribution in [1.82, 2.24) is 0 Å². The number of rotatable bonds is 16. The van der Waals surface area contributed by atoms with E-state index in [1.165, 1.54) is 44.9 Å². The Labute approximate surface area is 142 Å². The van der Waals surface area contributed by atoms with Crippen LogP contribution in [0.4, 0.5) is 0 Å². The first-order valence-corrected chi connectivity index (χ1v) is 9.05. The summed E-state index contributed by atoms with van der Waals surface area (Å²) in [5, 5.41) is 16.5. The summed E-state index contributed by atoms with van der Waals surface area (Å²) >= 11 is 0. The molecule has 23 heavy (non-hydrogen) atoms. The smallest absolute Gasteiger partial charge is 0.122 e. The molecular weight excluding hydrogens is 296 g/mol. The van der Waals surface area contributed by atoms with Gasteiger partial charge in [-0.25, -0.2) is 0 Å². The molecule has 1 unspecified atom stereocenters. The topological polar surface area (TPSA) is 76.0 Å². The van der Waals surface area contributed by atoms with Crippen LogP contribution in [0.25, 0.3) is 0 Å².